The molecule has 13 heteroatoms. The van der Waals surface area contributed by atoms with Crippen molar-refractivity contribution >= 4 is 0 Å². The second-order valence-corrected chi connectivity index (χ2v) is 3.62. The van der Waals surface area contributed by atoms with Crippen LogP contribution in [0.2, 0.25) is 0 Å². The van der Waals surface area contributed by atoms with E-state index in [1.807, 2.05) is 67.9 Å². The quantitative estimate of drug-likeness (QED) is 0.317. The van der Waals surface area contributed by atoms with Gasteiger partial charge in [-0.25, -0.2) is 0 Å². The van der Waals surface area contributed by atoms with Crippen molar-refractivity contribution in [2.24, 2.45) is 5.84 Å². The van der Waals surface area contributed by atoms with Crippen LogP contribution in [-0.4, -0.2) is 73.1 Å². The Balaban J connectivity index is 1.52. The Hall–Kier alpha value is -0.520. The molecule has 16 heavy (non-hydrogen) atoms. The zero-order valence-electron chi connectivity index (χ0n) is 9.05. The maximum atomic E-state index is 5.21. The van der Waals surface area contributed by atoms with Crippen molar-refractivity contribution in [3.8, 4) is 0 Å². The third-order valence-corrected chi connectivity index (χ3v) is 2.92. The van der Waals surface area contributed by atoms with Crippen LogP contribution in [0.15, 0.2) is 0 Å². The first-order valence-corrected chi connectivity index (χ1v) is 4.70. The largest absolute Gasteiger partial charge is 0.257 e. The molecule has 0 saturated carbocycles. The SMILES string of the molecule is CN1N(C)N2N1N1N3N(C)N(NNN)N3N21. The molecule has 13 nitrogen and oxygen atoms in total. The second-order valence-electron chi connectivity index (χ2n) is 3.62. The fraction of sp³-hybridized carbons (Fsp3) is 1.00. The van der Waals surface area contributed by atoms with E-state index in [4.69, 9.17) is 5.84 Å². The highest BCUT2D eigenvalue weighted by Gasteiger charge is 2.78. The van der Waals surface area contributed by atoms with Crippen molar-refractivity contribution in [2.75, 3.05) is 21.1 Å². The van der Waals surface area contributed by atoms with E-state index in [1.54, 1.807) is 5.23 Å². The molecule has 4 aliphatic rings. The van der Waals surface area contributed by atoms with Gasteiger partial charge in [-0.3, -0.25) is 5.84 Å². The third-order valence-electron chi connectivity index (χ3n) is 2.92. The molecule has 4 rings (SSSR count). The molecule has 0 aromatic carbocycles. The third kappa shape index (κ3) is 0.707. The summed E-state index contributed by atoms with van der Waals surface area (Å²) in [5.74, 6) is 5.21. The lowest BCUT2D eigenvalue weighted by atomic mass is 11.0. The van der Waals surface area contributed by atoms with Crippen molar-refractivity contribution in [3.05, 3.63) is 0 Å². The number of nitrogens with zero attached hydrogens (tertiary/aromatic N) is 10. The van der Waals surface area contributed by atoms with E-state index in [2.05, 4.69) is 11.1 Å². The van der Waals surface area contributed by atoms with Crippen molar-refractivity contribution in [2.45, 2.75) is 0 Å². The molecule has 0 bridgehead atoms. The standard InChI is InChI=1S/C3H13N13/c1-7-8(2)12-11(7)15-13-9(3)10(6-5-4)14(13)16(12)15/h5-6H,4H2,1-3H3. The van der Waals surface area contributed by atoms with Gasteiger partial charge >= 0.3 is 0 Å². The van der Waals surface area contributed by atoms with E-state index in [0.29, 0.717) is 0 Å². The molecular formula is C3H13N13. The first kappa shape index (κ1) is 9.50. The van der Waals surface area contributed by atoms with Gasteiger partial charge in [-0.1, -0.05) is 0 Å². The van der Waals surface area contributed by atoms with Crippen LogP contribution in [0, 0.1) is 0 Å². The fourth-order valence-corrected chi connectivity index (χ4v) is 2.03. The van der Waals surface area contributed by atoms with Gasteiger partial charge in [0.15, 0.2) is 0 Å². The fourth-order valence-electron chi connectivity index (χ4n) is 2.03. The van der Waals surface area contributed by atoms with Crippen LogP contribution in [0.1, 0.15) is 0 Å². The van der Waals surface area contributed by atoms with Crippen LogP contribution in [0.3, 0.4) is 0 Å². The molecule has 4 heterocycles. The summed E-state index contributed by atoms with van der Waals surface area (Å²) in [6.45, 7) is 0. The van der Waals surface area contributed by atoms with Crippen LogP contribution >= 0.6 is 0 Å². The van der Waals surface area contributed by atoms with Gasteiger partial charge in [-0.05, 0) is 36.6 Å². The summed E-state index contributed by atoms with van der Waals surface area (Å²) in [4.78, 5) is 0. The molecule has 4 saturated heterocycles. The average Bonchev–Trinajstić information content (AvgIpc) is 2.26. The molecule has 90 valence electrons. The molecule has 0 unspecified atom stereocenters. The number of nitrogens with one attached hydrogen (secondary N) is 2. The molecule has 0 spiro atoms. The van der Waals surface area contributed by atoms with Gasteiger partial charge in [0.05, 0.1) is 0 Å². The van der Waals surface area contributed by atoms with Gasteiger partial charge in [0.25, 0.3) is 0 Å². The van der Waals surface area contributed by atoms with Crippen LogP contribution in [0.5, 0.6) is 0 Å². The summed E-state index contributed by atoms with van der Waals surface area (Å²) in [7, 11) is 5.82. The summed E-state index contributed by atoms with van der Waals surface area (Å²) in [5, 5.41) is 18.8. The molecule has 0 aromatic heterocycles. The van der Waals surface area contributed by atoms with E-state index in [0.717, 1.165) is 0 Å². The average molecular weight is 231 g/mol. The van der Waals surface area contributed by atoms with Gasteiger partial charge in [-0.15, -0.1) is 20.9 Å². The Kier molecular flexibility index (Phi) is 1.58. The van der Waals surface area contributed by atoms with Crippen LogP contribution < -0.4 is 16.9 Å². The summed E-state index contributed by atoms with van der Waals surface area (Å²) < 4.78 is 0. The molecular weight excluding hydrogens is 218 g/mol. The predicted octanol–water partition coefficient (Wildman–Crippen LogP) is -4.27. The minimum atomic E-state index is 1.69. The lowest BCUT2D eigenvalue weighted by Gasteiger charge is -2.84. The molecule has 4 fully saturated rings. The predicted molar refractivity (Wildman–Crippen MR) is 46.6 cm³/mol. The van der Waals surface area contributed by atoms with Crippen molar-refractivity contribution in [1.82, 2.24) is 63.0 Å². The maximum Gasteiger partial charge on any atom is 0.0239 e. The number of hydrazine groups is 16. The Morgan fingerprint density at radius 1 is 0.688 bits per heavy atom. The lowest BCUT2D eigenvalue weighted by Crippen LogP contribution is -3.13. The van der Waals surface area contributed by atoms with Gasteiger partial charge in [0.2, 0.25) is 0 Å². The maximum absolute atomic E-state index is 5.21. The lowest BCUT2D eigenvalue weighted by molar-refractivity contribution is -0.947. The van der Waals surface area contributed by atoms with E-state index in [1.165, 1.54) is 0 Å². The smallest absolute Gasteiger partial charge is 0.0239 e. The summed E-state index contributed by atoms with van der Waals surface area (Å²) in [6.07, 6.45) is 0. The Morgan fingerprint density at radius 3 is 1.75 bits per heavy atom. The molecule has 0 aliphatic carbocycles. The molecule has 4 N–H and O–H groups in total. The van der Waals surface area contributed by atoms with E-state index in [-0.39, 0.29) is 0 Å². The second kappa shape index (κ2) is 2.66. The van der Waals surface area contributed by atoms with Gasteiger partial charge < -0.3 is 0 Å². The Labute approximate surface area is 91.0 Å². The van der Waals surface area contributed by atoms with Crippen LogP contribution in [0.4, 0.5) is 0 Å². The minimum Gasteiger partial charge on any atom is -0.257 e. The van der Waals surface area contributed by atoms with E-state index < -0.39 is 0 Å². The molecule has 0 atom stereocenters. The van der Waals surface area contributed by atoms with Crippen molar-refractivity contribution in [3.63, 3.8) is 0 Å². The minimum absolute atomic E-state index is 1.69. The topological polar surface area (TPSA) is 82.5 Å². The number of hydrogen-bond donors (Lipinski definition) is 3. The zero-order valence-corrected chi connectivity index (χ0v) is 9.05. The van der Waals surface area contributed by atoms with Gasteiger partial charge in [0.1, 0.15) is 0 Å². The van der Waals surface area contributed by atoms with Crippen LogP contribution in [0.25, 0.3) is 0 Å². The summed E-state index contributed by atoms with van der Waals surface area (Å²) in [5.41, 5.74) is 5.13. The van der Waals surface area contributed by atoms with E-state index in [9.17, 15) is 0 Å². The number of nitrogens with two attached hydrogens (primary N) is 1. The molecule has 0 amide bonds. The molecule has 0 aromatic rings. The first-order chi connectivity index (χ1) is 7.68. The van der Waals surface area contributed by atoms with E-state index >= 15 is 0 Å². The van der Waals surface area contributed by atoms with Crippen LogP contribution in [-0.2, 0) is 0 Å². The van der Waals surface area contributed by atoms with Crippen molar-refractivity contribution < 1.29 is 0 Å². The van der Waals surface area contributed by atoms with Crippen molar-refractivity contribution in [1.29, 1.82) is 0 Å². The Morgan fingerprint density at radius 2 is 1.19 bits per heavy atom. The van der Waals surface area contributed by atoms with Gasteiger partial charge in [0, 0.05) is 21.1 Å². The number of fused-ring (bicyclic) bond motifs is 7. The zero-order chi connectivity index (χ0) is 11.2. The monoisotopic (exact) mass is 231 g/mol. The Bertz CT molecular complexity index is 329. The first-order valence-electron chi connectivity index (χ1n) is 4.70. The normalized spacial score (nSPS) is 36.0. The highest BCUT2D eigenvalue weighted by atomic mass is 16.8. The molecule has 0 radical (unpaired) electrons. The summed E-state index contributed by atoms with van der Waals surface area (Å²) >= 11 is 0. The highest BCUT2D eigenvalue weighted by molar-refractivity contribution is 4.69. The number of rotatable bonds is 2. The number of hydrogen-bond acceptors (Lipinski definition) is 13. The summed E-state index contributed by atoms with van der Waals surface area (Å²) in [6, 6.07) is 0. The van der Waals surface area contributed by atoms with Gasteiger partial charge in [-0.2, -0.15) is 5.53 Å². The molecule has 4 aliphatic heterocycles. The highest BCUT2D eigenvalue weighted by Crippen LogP contribution is 2.49.